The summed E-state index contributed by atoms with van der Waals surface area (Å²) in [7, 11) is -24.0. The summed E-state index contributed by atoms with van der Waals surface area (Å²) in [6.07, 6.45) is 15.0. The average molecular weight is 1070 g/mol. The second-order valence-electron chi connectivity index (χ2n) is 15.1. The first-order valence-corrected chi connectivity index (χ1v) is 21.9. The Balaban J connectivity index is 0.000000168. The zero-order valence-electron chi connectivity index (χ0n) is 38.6. The van der Waals surface area contributed by atoms with Gasteiger partial charge in [0.15, 0.2) is 24.8 Å². The van der Waals surface area contributed by atoms with Gasteiger partial charge in [-0.05, 0) is 72.8 Å². The molecule has 392 valence electrons. The smallest absolute Gasteiger partial charge is 0.418 e. The highest BCUT2D eigenvalue weighted by Crippen LogP contribution is 2.22. The number of halogens is 16. The number of nitrogens with one attached hydrogen (secondary N) is 4. The molecule has 8 aromatic heterocycles. The SMILES string of the molecule is F[B-](F)(F)F.F[B-](F)(F)F.F[B-](F)(F)F.F[B-](F)(F)F.c1cnc2c(c1)ccc1ccc[nH+]c12.c1cnc2c(c1)ccc1ccc[nH+]c12.c1cnc2c(c1)ccc1ccc[nH+]c12.c1cnc2c(c1)ccc1ccc[nH+]c12. The molecule has 0 aliphatic carbocycles. The van der Waals surface area contributed by atoms with E-state index in [-0.39, 0.29) is 0 Å². The van der Waals surface area contributed by atoms with Crippen molar-refractivity contribution in [3.8, 4) is 0 Å². The monoisotopic (exact) mass is 1070 g/mol. The minimum Gasteiger partial charge on any atom is -0.418 e. The summed E-state index contributed by atoms with van der Waals surface area (Å²) in [5.74, 6) is 0. The van der Waals surface area contributed by atoms with E-state index in [1.165, 1.54) is 43.1 Å². The standard InChI is InChI=1S/4C12H8N2.4BF4/c4*1-3-9-5-6-10-4-2-8-14-12(10)11(9)13-7-1;4*2-1(3,4)5/h4*1-8H;;;;/q;;;;4*-1/p+4. The van der Waals surface area contributed by atoms with Crippen LogP contribution in [0.2, 0.25) is 0 Å². The van der Waals surface area contributed by atoms with Gasteiger partial charge in [-0.3, -0.25) is 0 Å². The molecule has 12 rings (SSSR count). The van der Waals surface area contributed by atoms with E-state index in [0.29, 0.717) is 0 Å². The topological polar surface area (TPSA) is 108 Å². The molecule has 0 atom stereocenters. The van der Waals surface area contributed by atoms with Gasteiger partial charge in [-0.2, -0.15) is 0 Å². The van der Waals surface area contributed by atoms with Gasteiger partial charge in [0.2, 0.25) is 22.1 Å². The van der Waals surface area contributed by atoms with E-state index >= 15 is 0 Å². The minimum absolute atomic E-state index is 1.03. The number of pyridine rings is 8. The predicted molar refractivity (Wildman–Crippen MR) is 264 cm³/mol. The molecule has 4 N–H and O–H groups in total. The van der Waals surface area contributed by atoms with Crippen molar-refractivity contribution in [1.82, 2.24) is 19.9 Å². The quantitative estimate of drug-likeness (QED) is 0.0856. The first-order chi connectivity index (χ1) is 35.8. The van der Waals surface area contributed by atoms with Gasteiger partial charge in [0.1, 0.15) is 22.1 Å². The first-order valence-electron chi connectivity index (χ1n) is 21.9. The lowest BCUT2D eigenvalue weighted by Gasteiger charge is -1.96. The highest BCUT2D eigenvalue weighted by atomic mass is 19.5. The van der Waals surface area contributed by atoms with Crippen molar-refractivity contribution in [2.24, 2.45) is 0 Å². The van der Waals surface area contributed by atoms with Crippen molar-refractivity contribution < 1.29 is 89.0 Å². The van der Waals surface area contributed by atoms with Gasteiger partial charge < -0.3 is 69.1 Å². The van der Waals surface area contributed by atoms with Crippen molar-refractivity contribution in [1.29, 1.82) is 0 Å². The number of fused-ring (bicyclic) bond motifs is 12. The molecule has 4 aromatic carbocycles. The van der Waals surface area contributed by atoms with Crippen molar-refractivity contribution >= 4 is 116 Å². The number of H-pyrrole nitrogens is 4. The van der Waals surface area contributed by atoms with E-state index in [4.69, 9.17) is 0 Å². The summed E-state index contributed by atoms with van der Waals surface area (Å²) in [6, 6.07) is 49.2. The molecule has 76 heavy (non-hydrogen) atoms. The summed E-state index contributed by atoms with van der Waals surface area (Å²) >= 11 is 0. The van der Waals surface area contributed by atoms with E-state index in [9.17, 15) is 69.1 Å². The van der Waals surface area contributed by atoms with E-state index < -0.39 is 29.0 Å². The van der Waals surface area contributed by atoms with Crippen LogP contribution in [0.15, 0.2) is 195 Å². The molecular formula is C48H36B4F16N8. The van der Waals surface area contributed by atoms with E-state index in [2.05, 4.69) is 137 Å². The average Bonchev–Trinajstić information content (AvgIpc) is 3.37. The highest BCUT2D eigenvalue weighted by Gasteiger charge is 2.22. The van der Waals surface area contributed by atoms with E-state index in [0.717, 1.165) is 44.1 Å². The van der Waals surface area contributed by atoms with Gasteiger partial charge in [-0.25, -0.2) is 39.9 Å². The van der Waals surface area contributed by atoms with Crippen LogP contribution in [0, 0.1) is 0 Å². The molecular weight excluding hydrogens is 1040 g/mol. The third-order valence-electron chi connectivity index (χ3n) is 9.63. The maximum atomic E-state index is 9.75. The molecule has 8 nitrogen and oxygen atoms in total. The van der Waals surface area contributed by atoms with Crippen LogP contribution in [0.1, 0.15) is 0 Å². The Morgan fingerprint density at radius 2 is 0.382 bits per heavy atom. The number of benzene rings is 4. The lowest BCUT2D eigenvalue weighted by molar-refractivity contribution is -0.343. The van der Waals surface area contributed by atoms with Crippen molar-refractivity contribution in [2.45, 2.75) is 0 Å². The van der Waals surface area contributed by atoms with Gasteiger partial charge in [-0.1, -0.05) is 48.5 Å². The van der Waals surface area contributed by atoms with Crippen LogP contribution in [0.5, 0.6) is 0 Å². The minimum atomic E-state index is -6.00. The van der Waals surface area contributed by atoms with E-state index in [1.54, 1.807) is 0 Å². The van der Waals surface area contributed by atoms with Crippen LogP contribution in [0.3, 0.4) is 0 Å². The molecule has 0 fully saturated rings. The van der Waals surface area contributed by atoms with Gasteiger partial charge >= 0.3 is 29.0 Å². The van der Waals surface area contributed by atoms with Crippen LogP contribution in [0.25, 0.3) is 87.2 Å². The number of aromatic amines is 4. The van der Waals surface area contributed by atoms with Gasteiger partial charge in [0.25, 0.3) is 0 Å². The molecule has 0 spiro atoms. The Morgan fingerprint density at radius 3 is 0.566 bits per heavy atom. The third kappa shape index (κ3) is 20.3. The Kier molecular flexibility index (Phi) is 20.3. The summed E-state index contributed by atoms with van der Waals surface area (Å²) in [5.41, 5.74) is 8.54. The summed E-state index contributed by atoms with van der Waals surface area (Å²) in [4.78, 5) is 30.4. The van der Waals surface area contributed by atoms with Gasteiger partial charge in [-0.15, -0.1) is 0 Å². The third-order valence-corrected chi connectivity index (χ3v) is 9.63. The van der Waals surface area contributed by atoms with Crippen LogP contribution in [-0.4, -0.2) is 49.0 Å². The summed E-state index contributed by atoms with van der Waals surface area (Å²) in [5, 5.41) is 9.45. The molecule has 0 aliphatic rings. The van der Waals surface area contributed by atoms with Crippen LogP contribution in [-0.2, 0) is 0 Å². The fourth-order valence-corrected chi connectivity index (χ4v) is 6.94. The van der Waals surface area contributed by atoms with Crippen molar-refractivity contribution in [2.75, 3.05) is 0 Å². The van der Waals surface area contributed by atoms with Crippen molar-refractivity contribution in [3.05, 3.63) is 195 Å². The van der Waals surface area contributed by atoms with E-state index in [1.807, 2.05) is 98.1 Å². The van der Waals surface area contributed by atoms with Crippen LogP contribution >= 0.6 is 0 Å². The van der Waals surface area contributed by atoms with Crippen molar-refractivity contribution in [3.63, 3.8) is 0 Å². The Morgan fingerprint density at radius 1 is 0.224 bits per heavy atom. The summed E-state index contributed by atoms with van der Waals surface area (Å²) in [6.45, 7) is 0. The summed E-state index contributed by atoms with van der Waals surface area (Å²) < 4.78 is 156. The zero-order valence-corrected chi connectivity index (χ0v) is 38.6. The second-order valence-corrected chi connectivity index (χ2v) is 15.1. The molecule has 0 saturated heterocycles. The normalized spacial score (nSPS) is 11.2. The second kappa shape index (κ2) is 26.5. The molecule has 0 bridgehead atoms. The first kappa shape index (κ1) is 58.2. The van der Waals surface area contributed by atoms with Gasteiger partial charge in [0.05, 0.1) is 0 Å². The molecule has 0 saturated carbocycles. The number of aromatic nitrogens is 8. The Bertz CT molecular complexity index is 3050. The van der Waals surface area contributed by atoms with Crippen LogP contribution < -0.4 is 19.9 Å². The fourth-order valence-electron chi connectivity index (χ4n) is 6.94. The lowest BCUT2D eigenvalue weighted by Crippen LogP contribution is -2.02. The molecule has 0 amide bonds. The highest BCUT2D eigenvalue weighted by molar-refractivity contribution is 6.51. The predicted octanol–water partition coefficient (Wildman–Crippen LogP) is 14.0. The molecule has 0 radical (unpaired) electrons. The molecule has 0 unspecified atom stereocenters. The maximum absolute atomic E-state index is 9.75. The number of rotatable bonds is 0. The fraction of sp³-hybridized carbons (Fsp3) is 0. The molecule has 12 aromatic rings. The largest absolute Gasteiger partial charge is 0.673 e. The number of hydrogen-bond donors (Lipinski definition) is 0. The van der Waals surface area contributed by atoms with Crippen LogP contribution in [0.4, 0.5) is 69.1 Å². The molecule has 28 heteroatoms. The maximum Gasteiger partial charge on any atom is 0.673 e. The Hall–Kier alpha value is -8.70. The zero-order chi connectivity index (χ0) is 55.5. The molecule has 8 heterocycles. The Labute approximate surface area is 419 Å². The lowest BCUT2D eigenvalue weighted by atomic mass is 10.1. The molecule has 0 aliphatic heterocycles. The number of hydrogen-bond acceptors (Lipinski definition) is 4. The number of nitrogens with zero attached hydrogens (tertiary/aromatic N) is 4. The van der Waals surface area contributed by atoms with Gasteiger partial charge in [0, 0.05) is 92.1 Å².